The molecule has 2 aromatic rings. The van der Waals surface area contributed by atoms with Gasteiger partial charge in [-0.15, -0.1) is 0 Å². The minimum absolute atomic E-state index is 0.150. The molecular formula is C12H14FN3O. The number of rotatable bonds is 3. The molecule has 90 valence electrons. The molecule has 0 spiro atoms. The van der Waals surface area contributed by atoms with Crippen LogP contribution in [0.4, 0.5) is 4.39 Å². The van der Waals surface area contributed by atoms with E-state index < -0.39 is 5.98 Å². The maximum atomic E-state index is 14.0. The van der Waals surface area contributed by atoms with Crippen LogP contribution in [-0.4, -0.2) is 19.9 Å². The Morgan fingerprint density at radius 2 is 2.18 bits per heavy atom. The van der Waals surface area contributed by atoms with Crippen molar-refractivity contribution in [3.63, 3.8) is 0 Å². The first-order chi connectivity index (χ1) is 7.99. The summed E-state index contributed by atoms with van der Waals surface area (Å²) in [6, 6.07) is 5.65. The molecule has 0 fully saturated rings. The number of alkyl halides is 1. The van der Waals surface area contributed by atoms with Gasteiger partial charge >= 0.3 is 5.98 Å². The van der Waals surface area contributed by atoms with Gasteiger partial charge in [0, 0.05) is 0 Å². The van der Waals surface area contributed by atoms with E-state index in [1.807, 2.05) is 32.0 Å². The van der Waals surface area contributed by atoms with Crippen molar-refractivity contribution in [2.24, 2.45) is 0 Å². The molecule has 2 rings (SSSR count). The van der Waals surface area contributed by atoms with Gasteiger partial charge in [0.15, 0.2) is 0 Å². The SMILES string of the molecule is Cc1ccc(CC(O)(F)n2cncn2)c(C)c1. The van der Waals surface area contributed by atoms with Crippen LogP contribution in [0.2, 0.25) is 0 Å². The van der Waals surface area contributed by atoms with Crippen molar-refractivity contribution < 1.29 is 9.50 Å². The molecule has 1 aromatic carbocycles. The van der Waals surface area contributed by atoms with Crippen LogP contribution < -0.4 is 0 Å². The molecule has 1 atom stereocenters. The largest absolute Gasteiger partial charge is 0.344 e. The molecule has 17 heavy (non-hydrogen) atoms. The average Bonchev–Trinajstić information content (AvgIpc) is 2.76. The van der Waals surface area contributed by atoms with Gasteiger partial charge in [0.05, 0.1) is 6.42 Å². The van der Waals surface area contributed by atoms with E-state index in [0.717, 1.165) is 27.7 Å². The Hall–Kier alpha value is -1.75. The highest BCUT2D eigenvalue weighted by molar-refractivity contribution is 5.30. The monoisotopic (exact) mass is 235 g/mol. The van der Waals surface area contributed by atoms with Crippen molar-refractivity contribution in [3.8, 4) is 0 Å². The van der Waals surface area contributed by atoms with Crippen molar-refractivity contribution in [3.05, 3.63) is 47.5 Å². The highest BCUT2D eigenvalue weighted by atomic mass is 19.2. The molecular weight excluding hydrogens is 221 g/mol. The third kappa shape index (κ3) is 2.50. The van der Waals surface area contributed by atoms with Crippen molar-refractivity contribution in [1.29, 1.82) is 0 Å². The Bertz CT molecular complexity index is 508. The standard InChI is InChI=1S/C12H14FN3O/c1-9-3-4-11(10(2)5-9)6-12(13,17)16-8-14-7-15-16/h3-5,7-8,17H,6H2,1-2H3. The van der Waals surface area contributed by atoms with Gasteiger partial charge < -0.3 is 5.11 Å². The van der Waals surface area contributed by atoms with Crippen LogP contribution in [0.15, 0.2) is 30.9 Å². The average molecular weight is 235 g/mol. The lowest BCUT2D eigenvalue weighted by Gasteiger charge is -2.19. The summed E-state index contributed by atoms with van der Waals surface area (Å²) in [6.07, 6.45) is 2.19. The number of aryl methyl sites for hydroxylation is 2. The topological polar surface area (TPSA) is 50.9 Å². The van der Waals surface area contributed by atoms with Gasteiger partial charge in [-0.1, -0.05) is 23.8 Å². The van der Waals surface area contributed by atoms with Crippen molar-refractivity contribution in [1.82, 2.24) is 14.8 Å². The fourth-order valence-electron chi connectivity index (χ4n) is 1.75. The van der Waals surface area contributed by atoms with Gasteiger partial charge in [0.2, 0.25) is 0 Å². The number of halogens is 1. The quantitative estimate of drug-likeness (QED) is 0.881. The van der Waals surface area contributed by atoms with Gasteiger partial charge in [0.1, 0.15) is 12.7 Å². The molecule has 1 unspecified atom stereocenters. The van der Waals surface area contributed by atoms with Crippen LogP contribution in [0, 0.1) is 13.8 Å². The Morgan fingerprint density at radius 1 is 1.41 bits per heavy atom. The van der Waals surface area contributed by atoms with Crippen LogP contribution >= 0.6 is 0 Å². The Morgan fingerprint density at radius 3 is 2.76 bits per heavy atom. The number of hydrogen-bond donors (Lipinski definition) is 1. The summed E-state index contributed by atoms with van der Waals surface area (Å²) in [5, 5.41) is 13.3. The number of aromatic nitrogens is 3. The van der Waals surface area contributed by atoms with Crippen LogP contribution in [-0.2, 0) is 12.4 Å². The van der Waals surface area contributed by atoms with E-state index in [0.29, 0.717) is 0 Å². The lowest BCUT2D eigenvalue weighted by molar-refractivity contribution is -0.169. The second-order valence-electron chi connectivity index (χ2n) is 4.17. The molecule has 5 heteroatoms. The Kier molecular flexibility index (Phi) is 2.93. The molecule has 0 saturated carbocycles. The molecule has 0 aliphatic rings. The fourth-order valence-corrected chi connectivity index (χ4v) is 1.75. The molecule has 0 radical (unpaired) electrons. The zero-order valence-corrected chi connectivity index (χ0v) is 9.76. The van der Waals surface area contributed by atoms with Crippen LogP contribution in [0.3, 0.4) is 0 Å². The molecule has 1 N–H and O–H groups in total. The van der Waals surface area contributed by atoms with Crippen LogP contribution in [0.25, 0.3) is 0 Å². The second kappa shape index (κ2) is 4.25. The first-order valence-electron chi connectivity index (χ1n) is 5.31. The lowest BCUT2D eigenvalue weighted by Crippen LogP contribution is -2.31. The van der Waals surface area contributed by atoms with E-state index in [-0.39, 0.29) is 6.42 Å². The molecule has 1 aromatic heterocycles. The number of nitrogens with zero attached hydrogens (tertiary/aromatic N) is 3. The van der Waals surface area contributed by atoms with Crippen molar-refractivity contribution >= 4 is 0 Å². The zero-order chi connectivity index (χ0) is 12.5. The molecule has 0 amide bonds. The summed E-state index contributed by atoms with van der Waals surface area (Å²) in [5.41, 5.74) is 2.80. The first-order valence-corrected chi connectivity index (χ1v) is 5.31. The number of aliphatic hydroxyl groups is 1. The van der Waals surface area contributed by atoms with Crippen LogP contribution in [0.5, 0.6) is 0 Å². The first kappa shape index (κ1) is 11.7. The third-order valence-corrected chi connectivity index (χ3v) is 2.68. The number of benzene rings is 1. The van der Waals surface area contributed by atoms with Gasteiger partial charge in [-0.05, 0) is 25.0 Å². The van der Waals surface area contributed by atoms with Gasteiger partial charge in [-0.3, -0.25) is 0 Å². The van der Waals surface area contributed by atoms with Gasteiger partial charge in [0.25, 0.3) is 0 Å². The van der Waals surface area contributed by atoms with E-state index in [1.165, 1.54) is 6.33 Å². The molecule has 4 nitrogen and oxygen atoms in total. The van der Waals surface area contributed by atoms with E-state index in [9.17, 15) is 9.50 Å². The van der Waals surface area contributed by atoms with Crippen molar-refractivity contribution in [2.45, 2.75) is 26.2 Å². The normalized spacial score (nSPS) is 14.6. The summed E-state index contributed by atoms with van der Waals surface area (Å²) in [6.45, 7) is 3.86. The third-order valence-electron chi connectivity index (χ3n) is 2.68. The lowest BCUT2D eigenvalue weighted by atomic mass is 10.0. The Labute approximate surface area is 98.7 Å². The van der Waals surface area contributed by atoms with E-state index in [2.05, 4.69) is 10.1 Å². The summed E-state index contributed by atoms with van der Waals surface area (Å²) in [4.78, 5) is 3.62. The highest BCUT2D eigenvalue weighted by Gasteiger charge is 2.30. The van der Waals surface area contributed by atoms with Crippen molar-refractivity contribution in [2.75, 3.05) is 0 Å². The summed E-state index contributed by atoms with van der Waals surface area (Å²) in [7, 11) is 0. The molecule has 0 bridgehead atoms. The zero-order valence-electron chi connectivity index (χ0n) is 9.76. The van der Waals surface area contributed by atoms with Gasteiger partial charge in [-0.2, -0.15) is 14.2 Å². The minimum atomic E-state index is -2.55. The van der Waals surface area contributed by atoms with E-state index >= 15 is 0 Å². The molecule has 1 heterocycles. The molecule has 0 aliphatic heterocycles. The second-order valence-corrected chi connectivity index (χ2v) is 4.17. The fraction of sp³-hybridized carbons (Fsp3) is 0.333. The minimum Gasteiger partial charge on any atom is -0.344 e. The van der Waals surface area contributed by atoms with E-state index in [4.69, 9.17) is 0 Å². The predicted molar refractivity (Wildman–Crippen MR) is 60.9 cm³/mol. The predicted octanol–water partition coefficient (Wildman–Crippen LogP) is 1.71. The molecule has 0 aliphatic carbocycles. The van der Waals surface area contributed by atoms with Gasteiger partial charge in [-0.25, -0.2) is 4.98 Å². The maximum absolute atomic E-state index is 14.0. The highest BCUT2D eigenvalue weighted by Crippen LogP contribution is 2.22. The Balaban J connectivity index is 2.26. The summed E-state index contributed by atoms with van der Waals surface area (Å²) < 4.78 is 14.9. The molecule has 0 saturated heterocycles. The van der Waals surface area contributed by atoms with E-state index in [1.54, 1.807) is 0 Å². The summed E-state index contributed by atoms with van der Waals surface area (Å²) in [5.74, 6) is -2.55. The summed E-state index contributed by atoms with van der Waals surface area (Å²) >= 11 is 0. The smallest absolute Gasteiger partial charge is 0.311 e. The van der Waals surface area contributed by atoms with Crippen LogP contribution in [0.1, 0.15) is 16.7 Å². The number of hydrogen-bond acceptors (Lipinski definition) is 3. The maximum Gasteiger partial charge on any atom is 0.311 e.